The topological polar surface area (TPSA) is 40.5 Å². The van der Waals surface area contributed by atoms with Crippen molar-refractivity contribution in [3.05, 3.63) is 29.7 Å². The molecule has 2 rings (SSSR count). The van der Waals surface area contributed by atoms with E-state index < -0.39 is 0 Å². The first-order valence-electron chi connectivity index (χ1n) is 7.65. The van der Waals surface area contributed by atoms with Crippen LogP contribution in [0.1, 0.15) is 30.3 Å². The van der Waals surface area contributed by atoms with Gasteiger partial charge in [-0.25, -0.2) is 9.18 Å². The average Bonchev–Trinajstić information content (AvgIpc) is 2.84. The van der Waals surface area contributed by atoms with Crippen LogP contribution in [0, 0.1) is 5.82 Å². The van der Waals surface area contributed by atoms with Crippen LogP contribution >= 0.6 is 11.8 Å². The van der Waals surface area contributed by atoms with Gasteiger partial charge in [-0.2, -0.15) is 0 Å². The molecule has 2 aromatic rings. The van der Waals surface area contributed by atoms with Gasteiger partial charge in [0.1, 0.15) is 11.5 Å². The molecule has 0 saturated carbocycles. The zero-order chi connectivity index (χ0) is 16.8. The van der Waals surface area contributed by atoms with Crippen molar-refractivity contribution < 1.29 is 18.7 Å². The number of rotatable bonds is 8. The summed E-state index contributed by atoms with van der Waals surface area (Å²) in [7, 11) is 1.67. The number of aromatic nitrogens is 1. The van der Waals surface area contributed by atoms with E-state index in [9.17, 15) is 9.18 Å². The Morgan fingerprint density at radius 2 is 2.13 bits per heavy atom. The highest BCUT2D eigenvalue weighted by Gasteiger charge is 2.23. The van der Waals surface area contributed by atoms with Crippen molar-refractivity contribution in [2.45, 2.75) is 31.2 Å². The van der Waals surface area contributed by atoms with Crippen LogP contribution in [0.15, 0.2) is 23.1 Å². The van der Waals surface area contributed by atoms with E-state index >= 15 is 0 Å². The van der Waals surface area contributed by atoms with Gasteiger partial charge in [0, 0.05) is 30.5 Å². The molecule has 0 aliphatic rings. The average molecular weight is 339 g/mol. The third-order valence-electron chi connectivity index (χ3n) is 3.63. The first-order valence-corrected chi connectivity index (χ1v) is 8.88. The van der Waals surface area contributed by atoms with Crippen molar-refractivity contribution in [1.82, 2.24) is 4.57 Å². The molecule has 0 atom stereocenters. The molecule has 23 heavy (non-hydrogen) atoms. The predicted molar refractivity (Wildman–Crippen MR) is 90.7 cm³/mol. The normalized spacial score (nSPS) is 11.1. The number of hydrogen-bond acceptors (Lipinski definition) is 4. The van der Waals surface area contributed by atoms with Gasteiger partial charge in [0.2, 0.25) is 0 Å². The maximum absolute atomic E-state index is 13.6. The maximum atomic E-state index is 13.6. The molecule has 6 heteroatoms. The van der Waals surface area contributed by atoms with Crippen molar-refractivity contribution in [2.24, 2.45) is 0 Å². The number of hydrogen-bond donors (Lipinski definition) is 0. The number of carbonyl (C=O) groups excluding carboxylic acids is 1. The fourth-order valence-corrected chi connectivity index (χ4v) is 3.42. The van der Waals surface area contributed by atoms with Crippen LogP contribution in [0.2, 0.25) is 0 Å². The predicted octanol–water partition coefficient (Wildman–Crippen LogP) is 4.11. The molecule has 1 aromatic carbocycles. The SMILES string of the molecule is CCOC(=O)c1c(SC)c2cc(F)ccc2n1CCCCOC. The van der Waals surface area contributed by atoms with E-state index in [-0.39, 0.29) is 11.8 Å². The van der Waals surface area contributed by atoms with Crippen molar-refractivity contribution in [1.29, 1.82) is 0 Å². The second-order valence-electron chi connectivity index (χ2n) is 5.12. The van der Waals surface area contributed by atoms with Crippen LogP contribution in [0.3, 0.4) is 0 Å². The second-order valence-corrected chi connectivity index (χ2v) is 5.93. The molecule has 0 bridgehead atoms. The van der Waals surface area contributed by atoms with Gasteiger partial charge in [0.25, 0.3) is 0 Å². The summed E-state index contributed by atoms with van der Waals surface area (Å²) in [6, 6.07) is 4.63. The molecule has 1 heterocycles. The monoisotopic (exact) mass is 339 g/mol. The van der Waals surface area contributed by atoms with E-state index in [4.69, 9.17) is 9.47 Å². The summed E-state index contributed by atoms with van der Waals surface area (Å²) in [5.74, 6) is -0.667. The quantitative estimate of drug-likeness (QED) is 0.412. The number of benzene rings is 1. The Labute approximate surface area is 139 Å². The summed E-state index contributed by atoms with van der Waals surface area (Å²) >= 11 is 1.44. The molecule has 0 amide bonds. The Morgan fingerprint density at radius 3 is 2.78 bits per heavy atom. The lowest BCUT2D eigenvalue weighted by molar-refractivity contribution is 0.0509. The van der Waals surface area contributed by atoms with Crippen LogP contribution in [-0.2, 0) is 16.0 Å². The largest absolute Gasteiger partial charge is 0.461 e. The van der Waals surface area contributed by atoms with Gasteiger partial charge >= 0.3 is 5.97 Å². The molecule has 1 aromatic heterocycles. The van der Waals surface area contributed by atoms with Crippen LogP contribution in [0.4, 0.5) is 4.39 Å². The Balaban J connectivity index is 2.50. The molecule has 0 fully saturated rings. The number of carbonyl (C=O) groups is 1. The van der Waals surface area contributed by atoms with Crippen LogP contribution in [0.25, 0.3) is 10.9 Å². The molecular formula is C17H22FNO3S. The Kier molecular flexibility index (Phi) is 6.47. The van der Waals surface area contributed by atoms with Crippen LogP contribution in [-0.4, -0.2) is 37.1 Å². The number of ether oxygens (including phenoxy) is 2. The molecule has 126 valence electrons. The minimum absolute atomic E-state index is 0.306. The Hall–Kier alpha value is -1.53. The summed E-state index contributed by atoms with van der Waals surface area (Å²) in [6.07, 6.45) is 3.65. The van der Waals surface area contributed by atoms with Gasteiger partial charge in [0.05, 0.1) is 12.1 Å². The first kappa shape index (κ1) is 17.8. The number of fused-ring (bicyclic) bond motifs is 1. The summed E-state index contributed by atoms with van der Waals surface area (Å²) < 4.78 is 25.9. The van der Waals surface area contributed by atoms with Gasteiger partial charge in [-0.05, 0) is 44.2 Å². The van der Waals surface area contributed by atoms with Gasteiger partial charge in [0.15, 0.2) is 0 Å². The number of aryl methyl sites for hydroxylation is 1. The zero-order valence-electron chi connectivity index (χ0n) is 13.7. The summed E-state index contributed by atoms with van der Waals surface area (Å²) in [4.78, 5) is 13.2. The van der Waals surface area contributed by atoms with E-state index in [0.29, 0.717) is 25.5 Å². The molecule has 0 aliphatic carbocycles. The Bertz CT molecular complexity index is 684. The van der Waals surface area contributed by atoms with Gasteiger partial charge < -0.3 is 14.0 Å². The zero-order valence-corrected chi connectivity index (χ0v) is 14.5. The number of esters is 1. The molecule has 0 unspecified atom stereocenters. The lowest BCUT2D eigenvalue weighted by atomic mass is 10.2. The van der Waals surface area contributed by atoms with Gasteiger partial charge in [-0.15, -0.1) is 11.8 Å². The molecule has 0 radical (unpaired) electrons. The van der Waals surface area contributed by atoms with E-state index in [2.05, 4.69) is 0 Å². The fraction of sp³-hybridized carbons (Fsp3) is 0.471. The molecule has 0 N–H and O–H groups in total. The molecule has 4 nitrogen and oxygen atoms in total. The smallest absolute Gasteiger partial charge is 0.356 e. The lowest BCUT2D eigenvalue weighted by Crippen LogP contribution is -2.13. The lowest BCUT2D eigenvalue weighted by Gasteiger charge is -2.11. The standard InChI is InChI=1S/C17H22FNO3S/c1-4-22-17(20)15-16(23-3)13-11-12(18)7-8-14(13)19(15)9-5-6-10-21-2/h7-8,11H,4-6,9-10H2,1-3H3. The van der Waals surface area contributed by atoms with E-state index in [0.717, 1.165) is 28.6 Å². The van der Waals surface area contributed by atoms with Crippen molar-refractivity contribution >= 4 is 28.6 Å². The van der Waals surface area contributed by atoms with E-state index in [1.54, 1.807) is 20.1 Å². The minimum atomic E-state index is -0.361. The number of thioether (sulfide) groups is 1. The molecule has 0 spiro atoms. The highest BCUT2D eigenvalue weighted by molar-refractivity contribution is 7.99. The van der Waals surface area contributed by atoms with Crippen molar-refractivity contribution in [3.8, 4) is 0 Å². The minimum Gasteiger partial charge on any atom is -0.461 e. The number of halogens is 1. The van der Waals surface area contributed by atoms with E-state index in [1.807, 2.05) is 10.8 Å². The Morgan fingerprint density at radius 1 is 1.35 bits per heavy atom. The number of methoxy groups -OCH3 is 1. The highest BCUT2D eigenvalue weighted by Crippen LogP contribution is 2.34. The maximum Gasteiger partial charge on any atom is 0.356 e. The van der Waals surface area contributed by atoms with Crippen LogP contribution < -0.4 is 0 Å². The third kappa shape index (κ3) is 3.87. The summed E-state index contributed by atoms with van der Waals surface area (Å²) in [5, 5.41) is 0.757. The third-order valence-corrected chi connectivity index (χ3v) is 4.45. The molecule has 0 saturated heterocycles. The van der Waals surface area contributed by atoms with E-state index in [1.165, 1.54) is 23.9 Å². The summed E-state index contributed by atoms with van der Waals surface area (Å²) in [5.41, 5.74) is 1.37. The molecular weight excluding hydrogens is 317 g/mol. The fourth-order valence-electron chi connectivity index (χ4n) is 2.65. The highest BCUT2D eigenvalue weighted by atomic mass is 32.2. The first-order chi connectivity index (χ1) is 11.1. The summed E-state index contributed by atoms with van der Waals surface area (Å²) in [6.45, 7) is 3.44. The van der Waals surface area contributed by atoms with Crippen LogP contribution in [0.5, 0.6) is 0 Å². The van der Waals surface area contributed by atoms with Crippen molar-refractivity contribution in [3.63, 3.8) is 0 Å². The molecule has 0 aliphatic heterocycles. The van der Waals surface area contributed by atoms with Gasteiger partial charge in [-0.1, -0.05) is 0 Å². The number of nitrogens with zero attached hydrogens (tertiary/aromatic N) is 1. The van der Waals surface area contributed by atoms with Gasteiger partial charge in [-0.3, -0.25) is 0 Å². The second kappa shape index (κ2) is 8.36. The number of unbranched alkanes of at least 4 members (excludes halogenated alkanes) is 1. The van der Waals surface area contributed by atoms with Crippen molar-refractivity contribution in [2.75, 3.05) is 26.6 Å².